The van der Waals surface area contributed by atoms with Crippen molar-refractivity contribution < 1.29 is 9.13 Å². The van der Waals surface area contributed by atoms with Crippen molar-refractivity contribution in [3.05, 3.63) is 59.2 Å². The number of benzene rings is 1. The van der Waals surface area contributed by atoms with Crippen LogP contribution in [-0.2, 0) is 0 Å². The van der Waals surface area contributed by atoms with Gasteiger partial charge < -0.3 is 10.1 Å². The fourth-order valence-corrected chi connectivity index (χ4v) is 2.35. The van der Waals surface area contributed by atoms with Crippen molar-refractivity contribution in [3.8, 4) is 5.75 Å². The summed E-state index contributed by atoms with van der Waals surface area (Å²) in [5.41, 5.74) is 2.49. The molecule has 0 bridgehead atoms. The number of hydrogen-bond acceptors (Lipinski definition) is 3. The van der Waals surface area contributed by atoms with Crippen LogP contribution in [0.2, 0.25) is 0 Å². The van der Waals surface area contributed by atoms with E-state index in [1.165, 1.54) is 6.07 Å². The second-order valence-corrected chi connectivity index (χ2v) is 4.98. The van der Waals surface area contributed by atoms with Crippen LogP contribution in [-0.4, -0.2) is 18.6 Å². The maximum Gasteiger partial charge on any atom is 0.146 e. The third-order valence-corrected chi connectivity index (χ3v) is 3.45. The molecule has 0 fully saturated rings. The molecular weight excluding hydrogens is 267 g/mol. The summed E-state index contributed by atoms with van der Waals surface area (Å²) < 4.78 is 19.3. The largest absolute Gasteiger partial charge is 0.497 e. The summed E-state index contributed by atoms with van der Waals surface area (Å²) in [6.45, 7) is 4.88. The number of rotatable bonds is 6. The van der Waals surface area contributed by atoms with Crippen LogP contribution in [0.4, 0.5) is 4.39 Å². The van der Waals surface area contributed by atoms with Gasteiger partial charge in [-0.15, -0.1) is 0 Å². The van der Waals surface area contributed by atoms with Crippen molar-refractivity contribution in [1.29, 1.82) is 0 Å². The first-order chi connectivity index (χ1) is 10.2. The lowest BCUT2D eigenvalue weighted by atomic mass is 9.97. The van der Waals surface area contributed by atoms with E-state index in [0.717, 1.165) is 29.8 Å². The monoisotopic (exact) mass is 288 g/mol. The zero-order valence-corrected chi connectivity index (χ0v) is 12.7. The van der Waals surface area contributed by atoms with Gasteiger partial charge in [-0.05, 0) is 55.3 Å². The molecule has 1 aromatic heterocycles. The highest BCUT2D eigenvalue weighted by Crippen LogP contribution is 2.27. The molecule has 2 rings (SSSR count). The van der Waals surface area contributed by atoms with E-state index in [0.29, 0.717) is 5.69 Å². The number of nitrogens with one attached hydrogen (secondary N) is 1. The van der Waals surface area contributed by atoms with Crippen molar-refractivity contribution in [2.75, 3.05) is 13.7 Å². The summed E-state index contributed by atoms with van der Waals surface area (Å²) in [7, 11) is 1.64. The van der Waals surface area contributed by atoms with E-state index >= 15 is 0 Å². The van der Waals surface area contributed by atoms with Gasteiger partial charge >= 0.3 is 0 Å². The topological polar surface area (TPSA) is 34.1 Å². The first kappa shape index (κ1) is 15.4. The normalized spacial score (nSPS) is 12.2. The molecule has 2 aromatic rings. The van der Waals surface area contributed by atoms with Crippen LogP contribution < -0.4 is 10.1 Å². The molecule has 0 saturated carbocycles. The molecular formula is C17H21FN2O. The molecule has 0 amide bonds. The lowest BCUT2D eigenvalue weighted by Gasteiger charge is -2.21. The number of aryl methyl sites for hydroxylation is 1. The summed E-state index contributed by atoms with van der Waals surface area (Å²) in [5.74, 6) is 0.508. The first-order valence-electron chi connectivity index (χ1n) is 7.15. The Hall–Kier alpha value is -1.94. The SMILES string of the molecule is CCCNC(c1ccc(OC)cc1C)c1ncccc1F. The third kappa shape index (κ3) is 3.58. The molecule has 1 unspecified atom stereocenters. The van der Waals surface area contributed by atoms with Crippen molar-refractivity contribution in [2.24, 2.45) is 0 Å². The predicted molar refractivity (Wildman–Crippen MR) is 82.1 cm³/mol. The minimum Gasteiger partial charge on any atom is -0.497 e. The zero-order valence-electron chi connectivity index (χ0n) is 12.7. The number of nitrogens with zero attached hydrogens (tertiary/aromatic N) is 1. The van der Waals surface area contributed by atoms with Crippen LogP contribution in [0.15, 0.2) is 36.5 Å². The Labute approximate surface area is 125 Å². The number of hydrogen-bond donors (Lipinski definition) is 1. The summed E-state index contributed by atoms with van der Waals surface area (Å²) in [6, 6.07) is 8.62. The molecule has 0 saturated heterocycles. The van der Waals surface area contributed by atoms with Crippen LogP contribution in [0.5, 0.6) is 5.75 Å². The molecule has 0 aliphatic heterocycles. The van der Waals surface area contributed by atoms with Crippen LogP contribution in [0.3, 0.4) is 0 Å². The van der Waals surface area contributed by atoms with E-state index in [9.17, 15) is 4.39 Å². The van der Waals surface area contributed by atoms with Gasteiger partial charge in [0.15, 0.2) is 0 Å². The number of aromatic nitrogens is 1. The highest BCUT2D eigenvalue weighted by atomic mass is 19.1. The lowest BCUT2D eigenvalue weighted by molar-refractivity contribution is 0.414. The number of methoxy groups -OCH3 is 1. The van der Waals surface area contributed by atoms with Gasteiger partial charge in [0.2, 0.25) is 0 Å². The summed E-state index contributed by atoms with van der Waals surface area (Å²) in [6.07, 6.45) is 2.60. The van der Waals surface area contributed by atoms with Crippen LogP contribution in [0.1, 0.15) is 36.2 Å². The molecule has 1 aromatic carbocycles. The summed E-state index contributed by atoms with van der Waals surface area (Å²) in [5, 5.41) is 3.38. The maximum absolute atomic E-state index is 14.1. The number of pyridine rings is 1. The van der Waals surface area contributed by atoms with Crippen LogP contribution >= 0.6 is 0 Å². The second kappa shape index (κ2) is 7.18. The van der Waals surface area contributed by atoms with E-state index < -0.39 is 0 Å². The fourth-order valence-electron chi connectivity index (χ4n) is 2.35. The highest BCUT2D eigenvalue weighted by molar-refractivity contribution is 5.40. The minimum absolute atomic E-state index is 0.253. The molecule has 1 N–H and O–H groups in total. The minimum atomic E-state index is -0.290. The third-order valence-electron chi connectivity index (χ3n) is 3.45. The van der Waals surface area contributed by atoms with Crippen molar-refractivity contribution in [3.63, 3.8) is 0 Å². The maximum atomic E-state index is 14.1. The van der Waals surface area contributed by atoms with Gasteiger partial charge in [0.1, 0.15) is 11.6 Å². The molecule has 3 nitrogen and oxygen atoms in total. The first-order valence-corrected chi connectivity index (χ1v) is 7.15. The Balaban J connectivity index is 2.43. The van der Waals surface area contributed by atoms with Crippen molar-refractivity contribution in [1.82, 2.24) is 10.3 Å². The Kier molecular flexibility index (Phi) is 5.28. The number of halogens is 1. The molecule has 1 heterocycles. The van der Waals surface area contributed by atoms with Gasteiger partial charge in [0.05, 0.1) is 18.8 Å². The molecule has 4 heteroatoms. The molecule has 0 spiro atoms. The van der Waals surface area contributed by atoms with E-state index in [4.69, 9.17) is 4.74 Å². The Morgan fingerprint density at radius 1 is 1.33 bits per heavy atom. The van der Waals surface area contributed by atoms with Gasteiger partial charge in [-0.25, -0.2) is 4.39 Å². The Morgan fingerprint density at radius 3 is 2.76 bits per heavy atom. The quantitative estimate of drug-likeness (QED) is 0.881. The van der Waals surface area contributed by atoms with E-state index in [-0.39, 0.29) is 11.9 Å². The van der Waals surface area contributed by atoms with E-state index in [1.807, 2.05) is 25.1 Å². The Bertz CT molecular complexity index is 601. The highest BCUT2D eigenvalue weighted by Gasteiger charge is 2.20. The standard InChI is InChI=1S/C17H21FN2O/c1-4-9-19-16(17-15(18)6-5-10-20-17)14-8-7-13(21-3)11-12(14)2/h5-8,10-11,16,19H,4,9H2,1-3H3. The van der Waals surface area contributed by atoms with E-state index in [1.54, 1.807) is 19.4 Å². The average molecular weight is 288 g/mol. The van der Waals surface area contributed by atoms with Gasteiger partial charge in [0.25, 0.3) is 0 Å². The van der Waals surface area contributed by atoms with Gasteiger partial charge in [-0.2, -0.15) is 0 Å². The fraction of sp³-hybridized carbons (Fsp3) is 0.353. The van der Waals surface area contributed by atoms with Gasteiger partial charge in [-0.1, -0.05) is 13.0 Å². The lowest BCUT2D eigenvalue weighted by Crippen LogP contribution is -2.25. The molecule has 112 valence electrons. The summed E-state index contributed by atoms with van der Waals surface area (Å²) >= 11 is 0. The average Bonchev–Trinajstić information content (AvgIpc) is 2.50. The smallest absolute Gasteiger partial charge is 0.146 e. The second-order valence-electron chi connectivity index (χ2n) is 4.98. The van der Waals surface area contributed by atoms with Crippen LogP contribution in [0, 0.1) is 12.7 Å². The zero-order chi connectivity index (χ0) is 15.2. The van der Waals surface area contributed by atoms with Crippen molar-refractivity contribution in [2.45, 2.75) is 26.3 Å². The molecule has 0 aliphatic rings. The molecule has 0 aliphatic carbocycles. The molecule has 0 radical (unpaired) electrons. The molecule has 21 heavy (non-hydrogen) atoms. The van der Waals surface area contributed by atoms with Crippen LogP contribution in [0.25, 0.3) is 0 Å². The Morgan fingerprint density at radius 2 is 2.14 bits per heavy atom. The summed E-state index contributed by atoms with van der Waals surface area (Å²) in [4.78, 5) is 4.22. The van der Waals surface area contributed by atoms with E-state index in [2.05, 4.69) is 17.2 Å². The van der Waals surface area contributed by atoms with Gasteiger partial charge in [-0.3, -0.25) is 4.98 Å². The van der Waals surface area contributed by atoms with Crippen molar-refractivity contribution >= 4 is 0 Å². The van der Waals surface area contributed by atoms with Gasteiger partial charge in [0, 0.05) is 6.20 Å². The predicted octanol–water partition coefficient (Wildman–Crippen LogP) is 3.63. The number of ether oxygens (including phenoxy) is 1. The molecule has 1 atom stereocenters.